The number of aryl methyl sites for hydroxylation is 2. The van der Waals surface area contributed by atoms with Gasteiger partial charge in [-0.3, -0.25) is 4.79 Å². The predicted molar refractivity (Wildman–Crippen MR) is 94.5 cm³/mol. The van der Waals surface area contributed by atoms with E-state index in [4.69, 9.17) is 27.3 Å². The number of hydrogen-bond acceptors (Lipinski definition) is 3. The van der Waals surface area contributed by atoms with Crippen LogP contribution in [-0.2, 0) is 11.4 Å². The van der Waals surface area contributed by atoms with Crippen molar-refractivity contribution in [3.63, 3.8) is 0 Å². The van der Waals surface area contributed by atoms with Crippen LogP contribution in [0.3, 0.4) is 0 Å². The molecule has 0 aliphatic rings. The first-order valence-electron chi connectivity index (χ1n) is 7.30. The molecule has 5 heteroatoms. The van der Waals surface area contributed by atoms with Crippen LogP contribution in [0, 0.1) is 25.2 Å². The Bertz CT molecular complexity index is 831. The zero-order valence-electron chi connectivity index (χ0n) is 13.5. The van der Waals surface area contributed by atoms with Crippen LogP contribution in [0.1, 0.15) is 22.3 Å². The molecule has 2 aromatic rings. The molecular formula is C19H17ClN2O2. The van der Waals surface area contributed by atoms with Crippen LogP contribution >= 0.6 is 11.6 Å². The maximum absolute atomic E-state index is 11.2. The molecule has 0 aliphatic carbocycles. The van der Waals surface area contributed by atoms with Crippen molar-refractivity contribution in [3.8, 4) is 11.8 Å². The summed E-state index contributed by atoms with van der Waals surface area (Å²) in [6.45, 7) is 4.42. The maximum atomic E-state index is 11.2. The molecule has 2 aromatic carbocycles. The molecular weight excluding hydrogens is 324 g/mol. The highest BCUT2D eigenvalue weighted by Crippen LogP contribution is 2.26. The van der Waals surface area contributed by atoms with Crippen molar-refractivity contribution >= 4 is 23.6 Å². The summed E-state index contributed by atoms with van der Waals surface area (Å²) in [6, 6.07) is 13.0. The van der Waals surface area contributed by atoms with Gasteiger partial charge < -0.3 is 10.5 Å². The first kappa shape index (κ1) is 17.6. The number of ether oxygens (including phenoxy) is 1. The molecule has 0 heterocycles. The van der Waals surface area contributed by atoms with Crippen LogP contribution in [0.25, 0.3) is 6.08 Å². The van der Waals surface area contributed by atoms with E-state index in [2.05, 4.69) is 6.07 Å². The Labute approximate surface area is 146 Å². The number of carbonyl (C=O) groups excluding carboxylic acids is 1. The van der Waals surface area contributed by atoms with Crippen LogP contribution < -0.4 is 10.5 Å². The minimum Gasteiger partial charge on any atom is -0.488 e. The van der Waals surface area contributed by atoms with Gasteiger partial charge in [0.25, 0.3) is 5.91 Å². The van der Waals surface area contributed by atoms with Crippen molar-refractivity contribution < 1.29 is 9.53 Å². The van der Waals surface area contributed by atoms with Crippen molar-refractivity contribution in [3.05, 3.63) is 69.2 Å². The van der Waals surface area contributed by atoms with E-state index in [1.165, 1.54) is 6.08 Å². The second-order valence-corrected chi connectivity index (χ2v) is 5.94. The van der Waals surface area contributed by atoms with Crippen LogP contribution in [0.2, 0.25) is 5.02 Å². The lowest BCUT2D eigenvalue weighted by molar-refractivity contribution is -0.114. The monoisotopic (exact) mass is 340 g/mol. The summed E-state index contributed by atoms with van der Waals surface area (Å²) in [5.74, 6) is -0.273. The fourth-order valence-electron chi connectivity index (χ4n) is 2.39. The quantitative estimate of drug-likeness (QED) is 0.661. The van der Waals surface area contributed by atoms with Gasteiger partial charge in [-0.05, 0) is 43.7 Å². The number of primary amides is 1. The second kappa shape index (κ2) is 7.67. The number of nitrogens with two attached hydrogens (primary N) is 1. The number of hydrogen-bond donors (Lipinski definition) is 1. The highest BCUT2D eigenvalue weighted by molar-refractivity contribution is 6.30. The van der Waals surface area contributed by atoms with Crippen molar-refractivity contribution in [2.45, 2.75) is 20.5 Å². The van der Waals surface area contributed by atoms with E-state index in [0.717, 1.165) is 16.7 Å². The Morgan fingerprint density at radius 3 is 2.50 bits per heavy atom. The average Bonchev–Trinajstić information content (AvgIpc) is 2.50. The molecule has 0 atom stereocenters. The average molecular weight is 341 g/mol. The van der Waals surface area contributed by atoms with Gasteiger partial charge in [-0.1, -0.05) is 40.9 Å². The molecule has 0 aliphatic heterocycles. The van der Waals surface area contributed by atoms with Crippen molar-refractivity contribution in [2.24, 2.45) is 5.73 Å². The Kier molecular flexibility index (Phi) is 5.62. The van der Waals surface area contributed by atoms with Gasteiger partial charge in [-0.25, -0.2) is 0 Å². The minimum atomic E-state index is -0.794. The highest BCUT2D eigenvalue weighted by atomic mass is 35.5. The second-order valence-electron chi connectivity index (χ2n) is 5.50. The van der Waals surface area contributed by atoms with E-state index in [1.807, 2.05) is 26.0 Å². The molecule has 0 unspecified atom stereocenters. The van der Waals surface area contributed by atoms with Gasteiger partial charge in [-0.15, -0.1) is 0 Å². The zero-order chi connectivity index (χ0) is 17.7. The molecule has 0 fully saturated rings. The van der Waals surface area contributed by atoms with Gasteiger partial charge in [-0.2, -0.15) is 5.26 Å². The molecule has 0 aromatic heterocycles. The molecule has 0 bridgehead atoms. The Morgan fingerprint density at radius 1 is 1.25 bits per heavy atom. The number of nitriles is 1. The van der Waals surface area contributed by atoms with Crippen molar-refractivity contribution in [1.29, 1.82) is 5.26 Å². The van der Waals surface area contributed by atoms with Gasteiger partial charge >= 0.3 is 0 Å². The van der Waals surface area contributed by atoms with E-state index in [1.54, 1.807) is 24.3 Å². The van der Waals surface area contributed by atoms with E-state index in [-0.39, 0.29) is 5.57 Å². The number of halogens is 1. The first-order valence-corrected chi connectivity index (χ1v) is 7.68. The summed E-state index contributed by atoms with van der Waals surface area (Å²) in [7, 11) is 0. The van der Waals surface area contributed by atoms with E-state index in [0.29, 0.717) is 22.9 Å². The van der Waals surface area contributed by atoms with Gasteiger partial charge in [0.2, 0.25) is 0 Å². The van der Waals surface area contributed by atoms with Crippen molar-refractivity contribution in [1.82, 2.24) is 0 Å². The number of nitrogens with zero attached hydrogens (tertiary/aromatic N) is 1. The molecule has 0 radical (unpaired) electrons. The van der Waals surface area contributed by atoms with E-state index >= 15 is 0 Å². The standard InChI is InChI=1S/C19H17ClN2O2/c1-12-5-13(2)7-14(6-12)11-24-18-4-3-17(20)9-15(18)8-16(10-21)19(22)23/h3-9H,11H2,1-2H3,(H2,22,23)/b16-8+. The highest BCUT2D eigenvalue weighted by Gasteiger charge is 2.09. The Hall–Kier alpha value is -2.77. The summed E-state index contributed by atoms with van der Waals surface area (Å²) in [5, 5.41) is 9.47. The lowest BCUT2D eigenvalue weighted by Crippen LogP contribution is -2.12. The maximum Gasteiger partial charge on any atom is 0.259 e. The molecule has 2 N–H and O–H groups in total. The van der Waals surface area contributed by atoms with Crippen LogP contribution in [0.15, 0.2) is 42.0 Å². The molecule has 122 valence electrons. The fourth-order valence-corrected chi connectivity index (χ4v) is 2.57. The smallest absolute Gasteiger partial charge is 0.259 e. The lowest BCUT2D eigenvalue weighted by Gasteiger charge is -2.11. The summed E-state index contributed by atoms with van der Waals surface area (Å²) in [5.41, 5.74) is 8.90. The molecule has 4 nitrogen and oxygen atoms in total. The van der Waals surface area contributed by atoms with Gasteiger partial charge in [0.15, 0.2) is 0 Å². The summed E-state index contributed by atoms with van der Waals surface area (Å²) >= 11 is 6.00. The Balaban J connectivity index is 2.30. The van der Waals surface area contributed by atoms with Gasteiger partial charge in [0.1, 0.15) is 24.0 Å². The molecule has 2 rings (SSSR count). The van der Waals surface area contributed by atoms with Crippen LogP contribution in [0.5, 0.6) is 5.75 Å². The number of benzene rings is 2. The first-order chi connectivity index (χ1) is 11.4. The van der Waals surface area contributed by atoms with Crippen LogP contribution in [0.4, 0.5) is 0 Å². The molecule has 0 saturated heterocycles. The van der Waals surface area contributed by atoms with Crippen molar-refractivity contribution in [2.75, 3.05) is 0 Å². The minimum absolute atomic E-state index is 0.159. The number of amides is 1. The number of carbonyl (C=O) groups is 1. The largest absolute Gasteiger partial charge is 0.488 e. The van der Waals surface area contributed by atoms with E-state index in [9.17, 15) is 4.79 Å². The number of rotatable bonds is 5. The predicted octanol–water partition coefficient (Wildman–Crippen LogP) is 3.93. The topological polar surface area (TPSA) is 76.1 Å². The third-order valence-electron chi connectivity index (χ3n) is 3.33. The molecule has 1 amide bonds. The summed E-state index contributed by atoms with van der Waals surface area (Å²) in [6.07, 6.45) is 1.38. The lowest BCUT2D eigenvalue weighted by atomic mass is 10.1. The van der Waals surface area contributed by atoms with Crippen LogP contribution in [-0.4, -0.2) is 5.91 Å². The third kappa shape index (κ3) is 4.61. The Morgan fingerprint density at radius 2 is 1.92 bits per heavy atom. The third-order valence-corrected chi connectivity index (χ3v) is 3.57. The van der Waals surface area contributed by atoms with Gasteiger partial charge in [0.05, 0.1) is 0 Å². The summed E-state index contributed by atoms with van der Waals surface area (Å²) < 4.78 is 5.85. The van der Waals surface area contributed by atoms with E-state index < -0.39 is 5.91 Å². The fraction of sp³-hybridized carbons (Fsp3) is 0.158. The molecule has 0 saturated carbocycles. The normalized spacial score (nSPS) is 11.0. The molecule has 24 heavy (non-hydrogen) atoms. The summed E-state index contributed by atoms with van der Waals surface area (Å²) in [4.78, 5) is 11.2. The van der Waals surface area contributed by atoms with Gasteiger partial charge in [0, 0.05) is 10.6 Å². The SMILES string of the molecule is Cc1cc(C)cc(COc2ccc(Cl)cc2/C=C(\C#N)C(N)=O)c1. The molecule has 0 spiro atoms. The zero-order valence-corrected chi connectivity index (χ0v) is 14.2.